The minimum absolute atomic E-state index is 0.0541. The second-order valence-corrected chi connectivity index (χ2v) is 10.5. The maximum Gasteiger partial charge on any atom is 0.472 e. The predicted octanol–water partition coefficient (Wildman–Crippen LogP) is 3.94. The topological polar surface area (TPSA) is 105 Å². The van der Waals surface area contributed by atoms with Gasteiger partial charge < -0.3 is 19.8 Å². The van der Waals surface area contributed by atoms with E-state index in [1.54, 1.807) is 6.08 Å². The highest BCUT2D eigenvalue weighted by Gasteiger charge is 2.27. The zero-order valence-corrected chi connectivity index (χ0v) is 21.6. The highest BCUT2D eigenvalue weighted by atomic mass is 31.2. The molecule has 0 bridgehead atoms. The van der Waals surface area contributed by atoms with E-state index in [0.717, 1.165) is 19.3 Å². The first-order chi connectivity index (χ1) is 15.0. The molecule has 3 atom stereocenters. The summed E-state index contributed by atoms with van der Waals surface area (Å²) in [6.45, 7) is 4.31. The number of carbonyl (C=O) groups excluding carboxylic acids is 1. The molecule has 0 aliphatic carbocycles. The Labute approximate surface area is 194 Å². The second kappa shape index (κ2) is 17.5. The van der Waals surface area contributed by atoms with Crippen LogP contribution >= 0.6 is 7.82 Å². The summed E-state index contributed by atoms with van der Waals surface area (Å²) in [7, 11) is 1.53. The van der Waals surface area contributed by atoms with Crippen LogP contribution in [-0.4, -0.2) is 73.4 Å². The number of aliphatic hydroxyl groups is 1. The molecule has 188 valence electrons. The average molecular weight is 478 g/mol. The Morgan fingerprint density at radius 2 is 1.69 bits per heavy atom. The fourth-order valence-corrected chi connectivity index (χ4v) is 3.42. The lowest BCUT2D eigenvalue weighted by molar-refractivity contribution is -0.870. The summed E-state index contributed by atoms with van der Waals surface area (Å²) in [5, 5.41) is 13.2. The van der Waals surface area contributed by atoms with Crippen LogP contribution in [0.2, 0.25) is 0 Å². The number of allylic oxidation sites excluding steroid dienone is 3. The summed E-state index contributed by atoms with van der Waals surface area (Å²) in [5.41, 5.74) is 0. The largest absolute Gasteiger partial charge is 0.472 e. The van der Waals surface area contributed by atoms with Crippen molar-refractivity contribution in [3.05, 3.63) is 24.3 Å². The standard InChI is InChI=1S/C23H45N2O6P/c1-6-8-9-10-11-12-13-14-15-17-22(26)21(24-23(27)16-7-2)20-31-32(28,29)30-19-18-25(3,4)5/h11-12,15,17,21-22,26H,6-10,13-14,16,18-20H2,1-5H3,(H-,24,27,28,29)/p+1/b12-11+,17-15+. The lowest BCUT2D eigenvalue weighted by Crippen LogP contribution is -2.45. The molecule has 0 rings (SSSR count). The zero-order valence-electron chi connectivity index (χ0n) is 20.7. The average Bonchev–Trinajstić information content (AvgIpc) is 2.68. The quantitative estimate of drug-likeness (QED) is 0.113. The Bertz CT molecular complexity index is 604. The Hall–Kier alpha value is -1.02. The fourth-order valence-electron chi connectivity index (χ4n) is 2.68. The SMILES string of the molecule is CCCCC/C=C/CC/C=C/C(O)C(COP(=O)(O)OCC[N+](C)(C)C)NC(=O)CCC. The monoisotopic (exact) mass is 477 g/mol. The van der Waals surface area contributed by atoms with Crippen LogP contribution in [0.25, 0.3) is 0 Å². The van der Waals surface area contributed by atoms with Crippen molar-refractivity contribution >= 4 is 13.7 Å². The van der Waals surface area contributed by atoms with Crippen molar-refractivity contribution in [2.75, 3.05) is 40.9 Å². The van der Waals surface area contributed by atoms with Gasteiger partial charge in [0, 0.05) is 6.42 Å². The number of rotatable bonds is 19. The Balaban J connectivity index is 4.67. The van der Waals surface area contributed by atoms with Gasteiger partial charge in [0.25, 0.3) is 0 Å². The molecular weight excluding hydrogens is 431 g/mol. The smallest absolute Gasteiger partial charge is 0.387 e. The molecular formula is C23H46N2O6P+. The van der Waals surface area contributed by atoms with E-state index in [1.165, 1.54) is 19.3 Å². The highest BCUT2D eigenvalue weighted by Crippen LogP contribution is 2.43. The van der Waals surface area contributed by atoms with Gasteiger partial charge in [-0.05, 0) is 32.1 Å². The molecule has 1 amide bonds. The molecule has 3 unspecified atom stereocenters. The van der Waals surface area contributed by atoms with Crippen molar-refractivity contribution in [3.8, 4) is 0 Å². The summed E-state index contributed by atoms with van der Waals surface area (Å²) < 4.78 is 22.8. The highest BCUT2D eigenvalue weighted by molar-refractivity contribution is 7.47. The lowest BCUT2D eigenvalue weighted by atomic mass is 10.1. The van der Waals surface area contributed by atoms with Crippen LogP contribution in [0.1, 0.15) is 65.2 Å². The second-order valence-electron chi connectivity index (χ2n) is 9.00. The van der Waals surface area contributed by atoms with E-state index in [1.807, 2.05) is 34.1 Å². The minimum Gasteiger partial charge on any atom is -0.387 e. The van der Waals surface area contributed by atoms with Gasteiger partial charge in [0.1, 0.15) is 13.2 Å². The molecule has 0 aliphatic heterocycles. The molecule has 0 radical (unpaired) electrons. The van der Waals surface area contributed by atoms with E-state index in [-0.39, 0.29) is 19.1 Å². The van der Waals surface area contributed by atoms with E-state index in [9.17, 15) is 19.4 Å². The van der Waals surface area contributed by atoms with Gasteiger partial charge in [-0.3, -0.25) is 13.8 Å². The summed E-state index contributed by atoms with van der Waals surface area (Å²) >= 11 is 0. The van der Waals surface area contributed by atoms with Gasteiger partial charge >= 0.3 is 7.82 Å². The predicted molar refractivity (Wildman–Crippen MR) is 129 cm³/mol. The number of amides is 1. The first kappa shape index (κ1) is 31.0. The molecule has 0 aromatic heterocycles. The Kier molecular flexibility index (Phi) is 16.9. The minimum atomic E-state index is -4.29. The molecule has 3 N–H and O–H groups in total. The third kappa shape index (κ3) is 18.5. The van der Waals surface area contributed by atoms with Gasteiger partial charge in [-0.2, -0.15) is 0 Å². The van der Waals surface area contributed by atoms with Crippen LogP contribution in [0, 0.1) is 0 Å². The molecule has 32 heavy (non-hydrogen) atoms. The van der Waals surface area contributed by atoms with Crippen molar-refractivity contribution in [2.24, 2.45) is 0 Å². The van der Waals surface area contributed by atoms with Crippen LogP contribution < -0.4 is 5.32 Å². The van der Waals surface area contributed by atoms with Crippen molar-refractivity contribution in [2.45, 2.75) is 77.4 Å². The number of hydrogen-bond acceptors (Lipinski definition) is 5. The van der Waals surface area contributed by atoms with Crippen LogP contribution in [0.5, 0.6) is 0 Å². The van der Waals surface area contributed by atoms with Crippen LogP contribution in [0.4, 0.5) is 0 Å². The number of phosphoric ester groups is 1. The number of hydrogen-bond donors (Lipinski definition) is 3. The van der Waals surface area contributed by atoms with Crippen molar-refractivity contribution in [1.82, 2.24) is 5.32 Å². The lowest BCUT2D eigenvalue weighted by Gasteiger charge is -2.25. The number of phosphoric acid groups is 1. The summed E-state index contributed by atoms with van der Waals surface area (Å²) in [6, 6.07) is -0.850. The molecule has 9 heteroatoms. The molecule has 0 heterocycles. The van der Waals surface area contributed by atoms with E-state index in [0.29, 0.717) is 23.9 Å². The van der Waals surface area contributed by atoms with Gasteiger partial charge in [0.15, 0.2) is 0 Å². The molecule has 0 saturated carbocycles. The Morgan fingerprint density at radius 3 is 2.31 bits per heavy atom. The van der Waals surface area contributed by atoms with Gasteiger partial charge in [-0.15, -0.1) is 0 Å². The number of nitrogens with zero attached hydrogens (tertiary/aromatic N) is 1. The zero-order chi connectivity index (χ0) is 24.5. The third-order valence-corrected chi connectivity index (χ3v) is 5.63. The number of nitrogens with one attached hydrogen (secondary N) is 1. The van der Waals surface area contributed by atoms with Gasteiger partial charge in [-0.1, -0.05) is 51.0 Å². The van der Waals surface area contributed by atoms with Crippen molar-refractivity contribution in [1.29, 1.82) is 0 Å². The van der Waals surface area contributed by atoms with E-state index < -0.39 is 20.0 Å². The molecule has 0 aromatic rings. The molecule has 0 spiro atoms. The third-order valence-electron chi connectivity index (χ3n) is 4.64. The number of quaternary nitrogens is 1. The van der Waals surface area contributed by atoms with Crippen molar-refractivity contribution < 1.29 is 32.9 Å². The van der Waals surface area contributed by atoms with Gasteiger partial charge in [-0.25, -0.2) is 4.57 Å². The van der Waals surface area contributed by atoms with Crippen LogP contribution in [0.3, 0.4) is 0 Å². The first-order valence-electron chi connectivity index (χ1n) is 11.7. The summed E-state index contributed by atoms with van der Waals surface area (Å²) in [5.74, 6) is -0.248. The van der Waals surface area contributed by atoms with Crippen LogP contribution in [-0.2, 0) is 18.4 Å². The number of carbonyl (C=O) groups is 1. The van der Waals surface area contributed by atoms with E-state index in [2.05, 4.69) is 24.4 Å². The van der Waals surface area contributed by atoms with Gasteiger partial charge in [0.2, 0.25) is 5.91 Å². The fraction of sp³-hybridized carbons (Fsp3) is 0.783. The van der Waals surface area contributed by atoms with Crippen molar-refractivity contribution in [3.63, 3.8) is 0 Å². The van der Waals surface area contributed by atoms with E-state index in [4.69, 9.17) is 9.05 Å². The number of likely N-dealkylation sites (N-methyl/N-ethyl adjacent to an activating group) is 1. The van der Waals surface area contributed by atoms with E-state index >= 15 is 0 Å². The molecule has 0 saturated heterocycles. The van der Waals surface area contributed by atoms with Gasteiger partial charge in [0.05, 0.1) is 39.9 Å². The normalized spacial score (nSPS) is 16.3. The maximum absolute atomic E-state index is 12.1. The van der Waals surface area contributed by atoms with Crippen LogP contribution in [0.15, 0.2) is 24.3 Å². The maximum atomic E-state index is 12.1. The molecule has 0 aromatic carbocycles. The number of aliphatic hydroxyl groups excluding tert-OH is 1. The first-order valence-corrected chi connectivity index (χ1v) is 13.2. The molecule has 0 fully saturated rings. The molecule has 0 aliphatic rings. The summed E-state index contributed by atoms with van der Waals surface area (Å²) in [6.07, 6.45) is 14.0. The number of unbranched alkanes of at least 4 members (excludes halogenated alkanes) is 4. The molecule has 8 nitrogen and oxygen atoms in total. The summed E-state index contributed by atoms with van der Waals surface area (Å²) in [4.78, 5) is 21.9. The Morgan fingerprint density at radius 1 is 1.03 bits per heavy atom.